The van der Waals surface area contributed by atoms with Crippen LogP contribution < -0.4 is 5.32 Å². The molecule has 5 nitrogen and oxygen atoms in total. The Hall–Kier alpha value is -1.62. The molecule has 2 heterocycles. The Balaban J connectivity index is 2.55. The Bertz CT molecular complexity index is 449. The van der Waals surface area contributed by atoms with Gasteiger partial charge >= 0.3 is 0 Å². The fraction of sp³-hybridized carbons (Fsp3) is 0.333. The standard InChI is InChI=1S/C9H12N4O/c1-5-3-8(12-6(2)14)7-4-10-13-9(7)11-5/h3-4,6,14H,1-2H3,(H2,10,11,12,13). The van der Waals surface area contributed by atoms with Gasteiger partial charge in [0.25, 0.3) is 0 Å². The number of aryl methyl sites for hydroxylation is 1. The predicted octanol–water partition coefficient (Wildman–Crippen LogP) is 1.02. The van der Waals surface area contributed by atoms with Crippen LogP contribution in [0.2, 0.25) is 0 Å². The molecule has 0 saturated carbocycles. The molecule has 2 aromatic rings. The van der Waals surface area contributed by atoms with Crippen LogP contribution in [0, 0.1) is 6.92 Å². The van der Waals surface area contributed by atoms with Gasteiger partial charge in [0.05, 0.1) is 17.3 Å². The molecular formula is C9H12N4O. The summed E-state index contributed by atoms with van der Waals surface area (Å²) in [6, 6.07) is 1.88. The largest absolute Gasteiger partial charge is 0.374 e. The van der Waals surface area contributed by atoms with Crippen molar-refractivity contribution >= 4 is 16.7 Å². The molecule has 74 valence electrons. The summed E-state index contributed by atoms with van der Waals surface area (Å²) in [6.07, 6.45) is 1.10. The fourth-order valence-corrected chi connectivity index (χ4v) is 1.40. The van der Waals surface area contributed by atoms with Gasteiger partial charge < -0.3 is 10.4 Å². The van der Waals surface area contributed by atoms with Crippen molar-refractivity contribution in [2.75, 3.05) is 5.32 Å². The van der Waals surface area contributed by atoms with Gasteiger partial charge in [-0.25, -0.2) is 4.98 Å². The Kier molecular flexibility index (Phi) is 2.09. The molecule has 0 aliphatic carbocycles. The van der Waals surface area contributed by atoms with Crippen molar-refractivity contribution in [3.63, 3.8) is 0 Å². The number of nitrogens with one attached hydrogen (secondary N) is 2. The normalized spacial score (nSPS) is 13.1. The molecule has 2 rings (SSSR count). The van der Waals surface area contributed by atoms with Crippen LogP contribution in [-0.2, 0) is 0 Å². The minimum Gasteiger partial charge on any atom is -0.374 e. The molecule has 1 atom stereocenters. The van der Waals surface area contributed by atoms with E-state index in [1.54, 1.807) is 13.1 Å². The highest BCUT2D eigenvalue weighted by Crippen LogP contribution is 2.21. The number of nitrogens with zero attached hydrogens (tertiary/aromatic N) is 2. The topological polar surface area (TPSA) is 73.8 Å². The van der Waals surface area contributed by atoms with Crippen LogP contribution in [0.25, 0.3) is 11.0 Å². The zero-order chi connectivity index (χ0) is 10.1. The molecule has 0 fully saturated rings. The number of pyridine rings is 1. The van der Waals surface area contributed by atoms with Crippen molar-refractivity contribution in [2.24, 2.45) is 0 Å². The van der Waals surface area contributed by atoms with E-state index in [-0.39, 0.29) is 0 Å². The Morgan fingerprint density at radius 2 is 2.36 bits per heavy atom. The summed E-state index contributed by atoms with van der Waals surface area (Å²) in [4.78, 5) is 4.26. The summed E-state index contributed by atoms with van der Waals surface area (Å²) >= 11 is 0. The van der Waals surface area contributed by atoms with Gasteiger partial charge in [-0.2, -0.15) is 5.10 Å². The van der Waals surface area contributed by atoms with Crippen LogP contribution in [-0.4, -0.2) is 26.5 Å². The summed E-state index contributed by atoms with van der Waals surface area (Å²) in [6.45, 7) is 3.56. The maximum atomic E-state index is 9.23. The molecule has 0 spiro atoms. The van der Waals surface area contributed by atoms with E-state index in [4.69, 9.17) is 0 Å². The van der Waals surface area contributed by atoms with Crippen molar-refractivity contribution in [2.45, 2.75) is 20.1 Å². The maximum Gasteiger partial charge on any atom is 0.157 e. The zero-order valence-corrected chi connectivity index (χ0v) is 8.07. The number of aliphatic hydroxyl groups excluding tert-OH is 1. The lowest BCUT2D eigenvalue weighted by molar-refractivity contribution is 0.224. The second-order valence-electron chi connectivity index (χ2n) is 3.26. The molecular weight excluding hydrogens is 180 g/mol. The molecule has 0 bridgehead atoms. The SMILES string of the molecule is Cc1cc(NC(C)O)c2cn[nH]c2n1. The Morgan fingerprint density at radius 1 is 1.57 bits per heavy atom. The third-order valence-electron chi connectivity index (χ3n) is 1.92. The molecule has 0 aliphatic rings. The number of hydrogen-bond acceptors (Lipinski definition) is 4. The smallest absolute Gasteiger partial charge is 0.157 e. The molecule has 2 aromatic heterocycles. The van der Waals surface area contributed by atoms with Crippen LogP contribution in [0.1, 0.15) is 12.6 Å². The van der Waals surface area contributed by atoms with E-state index in [1.807, 2.05) is 13.0 Å². The van der Waals surface area contributed by atoms with Crippen LogP contribution in [0.5, 0.6) is 0 Å². The first-order valence-electron chi connectivity index (χ1n) is 4.42. The first kappa shape index (κ1) is 8.96. The Labute approximate surface area is 81.2 Å². The molecule has 1 unspecified atom stereocenters. The second-order valence-corrected chi connectivity index (χ2v) is 3.26. The van der Waals surface area contributed by atoms with Gasteiger partial charge in [0.2, 0.25) is 0 Å². The summed E-state index contributed by atoms with van der Waals surface area (Å²) in [5.41, 5.74) is 2.45. The molecule has 0 amide bonds. The van der Waals surface area contributed by atoms with E-state index in [2.05, 4.69) is 20.5 Å². The second kappa shape index (κ2) is 3.26. The summed E-state index contributed by atoms with van der Waals surface area (Å²) in [5.74, 6) is 0. The average molecular weight is 192 g/mol. The van der Waals surface area contributed by atoms with Crippen molar-refractivity contribution in [3.05, 3.63) is 18.0 Å². The van der Waals surface area contributed by atoms with Gasteiger partial charge in [-0.05, 0) is 19.9 Å². The third kappa shape index (κ3) is 1.54. The molecule has 0 radical (unpaired) electrons. The van der Waals surface area contributed by atoms with Gasteiger partial charge in [0, 0.05) is 5.69 Å². The van der Waals surface area contributed by atoms with Crippen LogP contribution >= 0.6 is 0 Å². The molecule has 5 heteroatoms. The lowest BCUT2D eigenvalue weighted by atomic mass is 10.2. The van der Waals surface area contributed by atoms with E-state index < -0.39 is 6.23 Å². The monoisotopic (exact) mass is 192 g/mol. The number of aromatic nitrogens is 3. The molecule has 0 aromatic carbocycles. The number of H-pyrrole nitrogens is 1. The van der Waals surface area contributed by atoms with E-state index in [0.717, 1.165) is 22.4 Å². The van der Waals surface area contributed by atoms with Gasteiger partial charge in [-0.3, -0.25) is 5.10 Å². The quantitative estimate of drug-likeness (QED) is 0.621. The number of hydrogen-bond donors (Lipinski definition) is 3. The molecule has 14 heavy (non-hydrogen) atoms. The number of rotatable bonds is 2. The van der Waals surface area contributed by atoms with Crippen LogP contribution in [0.15, 0.2) is 12.3 Å². The first-order valence-corrected chi connectivity index (χ1v) is 4.42. The number of aliphatic hydroxyl groups is 1. The van der Waals surface area contributed by atoms with Crippen LogP contribution in [0.4, 0.5) is 5.69 Å². The van der Waals surface area contributed by atoms with E-state index >= 15 is 0 Å². The van der Waals surface area contributed by atoms with Gasteiger partial charge in [0.1, 0.15) is 6.23 Å². The summed E-state index contributed by atoms with van der Waals surface area (Å²) in [5, 5.41) is 19.7. The zero-order valence-electron chi connectivity index (χ0n) is 8.07. The van der Waals surface area contributed by atoms with E-state index in [9.17, 15) is 5.11 Å². The minimum atomic E-state index is -0.588. The summed E-state index contributed by atoms with van der Waals surface area (Å²) < 4.78 is 0. The Morgan fingerprint density at radius 3 is 3.07 bits per heavy atom. The van der Waals surface area contributed by atoms with E-state index in [1.165, 1.54) is 0 Å². The van der Waals surface area contributed by atoms with Crippen molar-refractivity contribution in [1.29, 1.82) is 0 Å². The van der Waals surface area contributed by atoms with Gasteiger partial charge in [0.15, 0.2) is 5.65 Å². The van der Waals surface area contributed by atoms with E-state index in [0.29, 0.717) is 0 Å². The number of anilines is 1. The highest BCUT2D eigenvalue weighted by Gasteiger charge is 2.06. The highest BCUT2D eigenvalue weighted by atomic mass is 16.3. The predicted molar refractivity (Wildman–Crippen MR) is 53.9 cm³/mol. The van der Waals surface area contributed by atoms with Crippen molar-refractivity contribution in [3.8, 4) is 0 Å². The van der Waals surface area contributed by atoms with Crippen LogP contribution in [0.3, 0.4) is 0 Å². The lowest BCUT2D eigenvalue weighted by Gasteiger charge is -2.10. The van der Waals surface area contributed by atoms with Gasteiger partial charge in [-0.1, -0.05) is 0 Å². The summed E-state index contributed by atoms with van der Waals surface area (Å²) in [7, 11) is 0. The number of aromatic amines is 1. The lowest BCUT2D eigenvalue weighted by Crippen LogP contribution is -2.13. The first-order chi connectivity index (χ1) is 6.66. The maximum absolute atomic E-state index is 9.23. The van der Waals surface area contributed by atoms with Gasteiger partial charge in [-0.15, -0.1) is 0 Å². The fourth-order valence-electron chi connectivity index (χ4n) is 1.40. The molecule has 0 aliphatic heterocycles. The molecule has 3 N–H and O–H groups in total. The average Bonchev–Trinajstić information content (AvgIpc) is 2.50. The third-order valence-corrected chi connectivity index (χ3v) is 1.92. The minimum absolute atomic E-state index is 0.588. The molecule has 0 saturated heterocycles. The highest BCUT2D eigenvalue weighted by molar-refractivity contribution is 5.88. The van der Waals surface area contributed by atoms with Crippen molar-refractivity contribution in [1.82, 2.24) is 15.2 Å². The van der Waals surface area contributed by atoms with Crippen molar-refractivity contribution < 1.29 is 5.11 Å². The number of fused-ring (bicyclic) bond motifs is 1.